The summed E-state index contributed by atoms with van der Waals surface area (Å²) in [4.78, 5) is 88.0. The predicted molar refractivity (Wildman–Crippen MR) is 218 cm³/mol. The standard InChI is InChI=1S/C41H32Cl2F3N7O10/c1-49(2)34-28(52(59)60)14-22(15-29(34)53(61)62)50-36(55)24-10-9-23-25(32(24)38(50)57)16-26-37(56)51(48-35-27(43)13-20(17-47-35)41(44,45)46)39(58)40(26,19-5-7-21(42)8-6-19)33(23)18-4-11-30(54)31(12-18)63-3/h4-9,11-15,17,24-26,32-33,54H,10,16H2,1-3H3,(H,47,48). The van der Waals surface area contributed by atoms with Gasteiger partial charge in [0.1, 0.15) is 0 Å². The van der Waals surface area contributed by atoms with Crippen molar-refractivity contribution in [1.29, 1.82) is 0 Å². The Bertz CT molecular complexity index is 2680. The average molecular weight is 911 g/mol. The van der Waals surface area contributed by atoms with Crippen LogP contribution in [0.2, 0.25) is 10.0 Å². The van der Waals surface area contributed by atoms with Gasteiger partial charge in [0, 0.05) is 43.4 Å². The number of phenolic OH excluding ortho intramolecular Hbond substituents is 1. The molecule has 3 heterocycles. The van der Waals surface area contributed by atoms with Crippen molar-refractivity contribution in [2.24, 2.45) is 23.7 Å². The van der Waals surface area contributed by atoms with Crippen molar-refractivity contribution in [3.8, 4) is 11.5 Å². The number of aromatic hydroxyl groups is 1. The topological polar surface area (TPSA) is 219 Å². The van der Waals surface area contributed by atoms with Crippen LogP contribution >= 0.6 is 23.2 Å². The molecule has 4 aliphatic rings. The first-order valence-corrected chi connectivity index (χ1v) is 19.7. The number of fused-ring (bicyclic) bond motifs is 4. The normalized spacial score (nSPS) is 24.1. The van der Waals surface area contributed by atoms with E-state index in [1.54, 1.807) is 6.08 Å². The molecule has 6 atom stereocenters. The predicted octanol–water partition coefficient (Wildman–Crippen LogP) is 7.19. The van der Waals surface area contributed by atoms with E-state index in [-0.39, 0.29) is 40.6 Å². The van der Waals surface area contributed by atoms with Gasteiger partial charge in [0.15, 0.2) is 23.0 Å². The minimum Gasteiger partial charge on any atom is -0.504 e. The maximum absolute atomic E-state index is 15.4. The van der Waals surface area contributed by atoms with Gasteiger partial charge in [0.25, 0.3) is 11.8 Å². The highest BCUT2D eigenvalue weighted by Gasteiger charge is 2.70. The molecule has 0 bridgehead atoms. The molecule has 3 fully saturated rings. The van der Waals surface area contributed by atoms with Gasteiger partial charge in [-0.05, 0) is 60.2 Å². The number of ether oxygens (including phenoxy) is 1. The van der Waals surface area contributed by atoms with Crippen molar-refractivity contribution in [3.63, 3.8) is 0 Å². The smallest absolute Gasteiger partial charge is 0.417 e. The van der Waals surface area contributed by atoms with Gasteiger partial charge in [-0.1, -0.05) is 53.1 Å². The molecular formula is C41H32Cl2F3N7O10. The number of anilines is 3. The molecule has 4 aromatic rings. The molecule has 22 heteroatoms. The van der Waals surface area contributed by atoms with E-state index in [0.717, 1.165) is 17.0 Å². The number of rotatable bonds is 9. The molecule has 1 aromatic heterocycles. The van der Waals surface area contributed by atoms with Crippen LogP contribution in [0, 0.1) is 43.9 Å². The number of nitrogens with zero attached hydrogens (tertiary/aromatic N) is 6. The van der Waals surface area contributed by atoms with Crippen molar-refractivity contribution in [3.05, 3.63) is 125 Å². The number of carbonyl (C=O) groups excluding carboxylic acids is 4. The molecule has 0 radical (unpaired) electrons. The van der Waals surface area contributed by atoms with Crippen LogP contribution in [-0.4, -0.2) is 69.8 Å². The number of hydrazine groups is 1. The van der Waals surface area contributed by atoms with Crippen molar-refractivity contribution in [2.45, 2.75) is 30.4 Å². The lowest BCUT2D eigenvalue weighted by molar-refractivity contribution is -0.392. The van der Waals surface area contributed by atoms with Gasteiger partial charge in [-0.15, -0.1) is 0 Å². The molecule has 17 nitrogen and oxygen atoms in total. The summed E-state index contributed by atoms with van der Waals surface area (Å²) in [6, 6.07) is 12.7. The van der Waals surface area contributed by atoms with Gasteiger partial charge in [-0.3, -0.25) is 44.8 Å². The van der Waals surface area contributed by atoms with Gasteiger partial charge in [-0.2, -0.15) is 18.2 Å². The van der Waals surface area contributed by atoms with Crippen LogP contribution in [0.3, 0.4) is 0 Å². The maximum Gasteiger partial charge on any atom is 0.417 e. The number of hydrogen-bond donors (Lipinski definition) is 2. The van der Waals surface area contributed by atoms with Gasteiger partial charge < -0.3 is 14.7 Å². The Hall–Kier alpha value is -6.80. The minimum absolute atomic E-state index is 0.0261. The third-order valence-electron chi connectivity index (χ3n) is 12.2. The number of nitro groups is 2. The molecule has 2 saturated heterocycles. The number of nitro benzene ring substituents is 2. The molecule has 8 rings (SSSR count). The molecule has 63 heavy (non-hydrogen) atoms. The van der Waals surface area contributed by atoms with Crippen LogP contribution in [-0.2, 0) is 30.8 Å². The van der Waals surface area contributed by atoms with E-state index in [1.165, 1.54) is 63.7 Å². The largest absolute Gasteiger partial charge is 0.504 e. The lowest BCUT2D eigenvalue weighted by Gasteiger charge is -2.50. The third-order valence-corrected chi connectivity index (χ3v) is 12.8. The van der Waals surface area contributed by atoms with Crippen LogP contribution in [0.4, 0.5) is 41.7 Å². The number of aromatic nitrogens is 1. The van der Waals surface area contributed by atoms with E-state index < -0.39 is 108 Å². The van der Waals surface area contributed by atoms with Crippen LogP contribution < -0.4 is 20.0 Å². The molecule has 2 aliphatic heterocycles. The fourth-order valence-corrected chi connectivity index (χ4v) is 10.1. The fraction of sp³-hybridized carbons (Fsp3) is 0.293. The van der Waals surface area contributed by atoms with Crippen molar-refractivity contribution >= 4 is 75.4 Å². The van der Waals surface area contributed by atoms with E-state index in [4.69, 9.17) is 27.9 Å². The number of allylic oxidation sites excluding steroid dienone is 2. The van der Waals surface area contributed by atoms with Crippen molar-refractivity contribution in [1.82, 2.24) is 9.99 Å². The van der Waals surface area contributed by atoms with Crippen LogP contribution in [0.15, 0.2) is 78.5 Å². The molecule has 326 valence electrons. The Morgan fingerprint density at radius 2 is 1.59 bits per heavy atom. The zero-order chi connectivity index (χ0) is 45.6. The van der Waals surface area contributed by atoms with E-state index in [0.29, 0.717) is 33.3 Å². The monoisotopic (exact) mass is 909 g/mol. The summed E-state index contributed by atoms with van der Waals surface area (Å²) in [7, 11) is 4.01. The molecular weight excluding hydrogens is 878 g/mol. The summed E-state index contributed by atoms with van der Waals surface area (Å²) in [5.41, 5.74) is -1.85. The van der Waals surface area contributed by atoms with Crippen molar-refractivity contribution in [2.75, 3.05) is 36.4 Å². The molecule has 2 N–H and O–H groups in total. The minimum atomic E-state index is -4.82. The zero-order valence-electron chi connectivity index (χ0n) is 32.9. The van der Waals surface area contributed by atoms with Gasteiger partial charge >= 0.3 is 17.6 Å². The number of halogens is 5. The Morgan fingerprint density at radius 1 is 0.937 bits per heavy atom. The first kappa shape index (κ1) is 42.9. The second-order valence-corrected chi connectivity index (χ2v) is 16.4. The SMILES string of the molecule is COc1cc(C2C3=CCC4C(=O)N(c5cc([N+](=O)[O-])c(N(C)C)c([N+](=O)[O-])c5)C(=O)C4C3CC3C(=O)N(Nc4ncc(C(F)(F)F)cc4Cl)C(=O)C32c2ccc(Cl)cc2)ccc1O. The lowest BCUT2D eigenvalue weighted by Crippen LogP contribution is -2.53. The summed E-state index contributed by atoms with van der Waals surface area (Å²) in [6.45, 7) is 0. The molecule has 2 aliphatic carbocycles. The Kier molecular flexibility index (Phi) is 10.4. The van der Waals surface area contributed by atoms with Gasteiger partial charge in [0.05, 0.1) is 56.4 Å². The number of methoxy groups -OCH3 is 1. The van der Waals surface area contributed by atoms with E-state index in [2.05, 4.69) is 10.4 Å². The van der Waals surface area contributed by atoms with E-state index in [9.17, 15) is 52.9 Å². The number of hydrogen-bond acceptors (Lipinski definition) is 13. The number of imide groups is 2. The number of amides is 4. The Balaban J connectivity index is 1.31. The molecule has 4 amide bonds. The Morgan fingerprint density at radius 3 is 2.16 bits per heavy atom. The van der Waals surface area contributed by atoms with Crippen LogP contribution in [0.1, 0.15) is 35.4 Å². The van der Waals surface area contributed by atoms with E-state index in [1.807, 2.05) is 0 Å². The summed E-state index contributed by atoms with van der Waals surface area (Å²) in [5.74, 6) is -10.2. The highest BCUT2D eigenvalue weighted by Crippen LogP contribution is 2.65. The second kappa shape index (κ2) is 15.2. The lowest BCUT2D eigenvalue weighted by atomic mass is 9.49. The number of alkyl halides is 3. The first-order valence-electron chi connectivity index (χ1n) is 18.9. The molecule has 1 saturated carbocycles. The quantitative estimate of drug-likeness (QED) is 0.0736. The number of benzene rings is 3. The maximum atomic E-state index is 15.4. The fourth-order valence-electron chi connectivity index (χ4n) is 9.74. The number of nitrogens with one attached hydrogen (secondary N) is 1. The van der Waals surface area contributed by atoms with Crippen molar-refractivity contribution < 1.29 is 52.0 Å². The Labute approximate surface area is 363 Å². The first-order chi connectivity index (χ1) is 29.7. The summed E-state index contributed by atoms with van der Waals surface area (Å²) < 4.78 is 46.1. The highest BCUT2D eigenvalue weighted by atomic mass is 35.5. The van der Waals surface area contributed by atoms with E-state index >= 15 is 4.79 Å². The number of pyridine rings is 1. The van der Waals surface area contributed by atoms with Crippen LogP contribution in [0.25, 0.3) is 0 Å². The highest BCUT2D eigenvalue weighted by molar-refractivity contribution is 6.33. The third kappa shape index (κ3) is 6.57. The molecule has 0 spiro atoms. The summed E-state index contributed by atoms with van der Waals surface area (Å²) in [6.07, 6.45) is -3.06. The molecule has 3 aromatic carbocycles. The zero-order valence-corrected chi connectivity index (χ0v) is 34.4. The van der Waals surface area contributed by atoms with Gasteiger partial charge in [-0.25, -0.2) is 9.88 Å². The number of phenols is 1. The molecule has 6 unspecified atom stereocenters. The average Bonchev–Trinajstić information content (AvgIpc) is 3.61. The van der Waals surface area contributed by atoms with Gasteiger partial charge in [0.2, 0.25) is 11.8 Å². The second-order valence-electron chi connectivity index (χ2n) is 15.6. The summed E-state index contributed by atoms with van der Waals surface area (Å²) >= 11 is 12.6. The van der Waals surface area contributed by atoms with Crippen LogP contribution in [0.5, 0.6) is 11.5 Å². The number of carbonyl (C=O) groups is 4. The summed E-state index contributed by atoms with van der Waals surface area (Å²) in [5, 5.41) is 35.5.